The topological polar surface area (TPSA) is 12.0 Å². The third kappa shape index (κ3) is 2.73. The average Bonchev–Trinajstić information content (AvgIpc) is 2.71. The molecule has 2 aromatic rings. The third-order valence-corrected chi connectivity index (χ3v) is 7.63. The molecule has 2 unspecified atom stereocenters. The van der Waals surface area contributed by atoms with Gasteiger partial charge >= 0.3 is 0 Å². The molecule has 2 aromatic carbocycles. The summed E-state index contributed by atoms with van der Waals surface area (Å²) < 4.78 is 0. The van der Waals surface area contributed by atoms with Crippen molar-refractivity contribution in [2.24, 2.45) is 0 Å². The summed E-state index contributed by atoms with van der Waals surface area (Å²) in [5, 5.41) is 3.48. The Morgan fingerprint density at radius 1 is 0.739 bits per heavy atom. The van der Waals surface area contributed by atoms with Gasteiger partial charge in [-0.1, -0.05) is 86.0 Å². The van der Waals surface area contributed by atoms with Gasteiger partial charge in [-0.05, 0) is 53.8 Å². The molecule has 4 rings (SSSR count). The fourth-order valence-corrected chi connectivity index (χ4v) is 5.12. The van der Waals surface area contributed by atoms with Crippen LogP contribution in [-0.2, 0) is 0 Å². The standard InChI is InChI=1S/C20H19Br2N/c21-19-16-7-3-1-5-14(16)18(13-9-11-23-12-10-13)15-6-2-4-8-17(15)20(19)22/h1-8,19-20,23H,9-12H2. The Kier molecular flexibility index (Phi) is 4.44. The molecule has 1 heterocycles. The Balaban J connectivity index is 2.04. The van der Waals surface area contributed by atoms with Crippen LogP contribution in [0.4, 0.5) is 0 Å². The van der Waals surface area contributed by atoms with E-state index in [9.17, 15) is 0 Å². The van der Waals surface area contributed by atoms with Crippen LogP contribution in [0.5, 0.6) is 0 Å². The molecule has 1 fully saturated rings. The molecule has 0 aromatic heterocycles. The molecule has 0 radical (unpaired) electrons. The van der Waals surface area contributed by atoms with Gasteiger partial charge in [0.15, 0.2) is 0 Å². The molecule has 1 nitrogen and oxygen atoms in total. The van der Waals surface area contributed by atoms with E-state index >= 15 is 0 Å². The Hall–Kier alpha value is -0.900. The molecule has 0 spiro atoms. The minimum Gasteiger partial charge on any atom is -0.316 e. The molecular formula is C20H19Br2N. The second-order valence-corrected chi connectivity index (χ2v) is 8.18. The molecular weight excluding hydrogens is 414 g/mol. The highest BCUT2D eigenvalue weighted by Crippen LogP contribution is 2.51. The predicted molar refractivity (Wildman–Crippen MR) is 104 cm³/mol. The first kappa shape index (κ1) is 15.6. The van der Waals surface area contributed by atoms with Crippen molar-refractivity contribution in [2.75, 3.05) is 13.1 Å². The van der Waals surface area contributed by atoms with Crippen molar-refractivity contribution >= 4 is 37.4 Å². The van der Waals surface area contributed by atoms with Crippen LogP contribution < -0.4 is 5.32 Å². The highest BCUT2D eigenvalue weighted by atomic mass is 79.9. The van der Waals surface area contributed by atoms with Crippen molar-refractivity contribution in [2.45, 2.75) is 22.5 Å². The first-order valence-electron chi connectivity index (χ1n) is 8.17. The van der Waals surface area contributed by atoms with E-state index in [1.165, 1.54) is 27.8 Å². The SMILES string of the molecule is BrC1c2ccccc2C(=C2CCNCC2)c2ccccc2C1Br. The van der Waals surface area contributed by atoms with Crippen LogP contribution in [0.2, 0.25) is 0 Å². The van der Waals surface area contributed by atoms with Gasteiger partial charge in [0.1, 0.15) is 0 Å². The molecule has 1 N–H and O–H groups in total. The van der Waals surface area contributed by atoms with Crippen LogP contribution in [0.1, 0.15) is 44.7 Å². The molecule has 0 amide bonds. The van der Waals surface area contributed by atoms with Gasteiger partial charge in [-0.3, -0.25) is 0 Å². The molecule has 118 valence electrons. The summed E-state index contributed by atoms with van der Waals surface area (Å²) in [4.78, 5) is 0.555. The van der Waals surface area contributed by atoms with E-state index in [1.807, 2.05) is 0 Å². The predicted octanol–water partition coefficient (Wildman–Crippen LogP) is 5.76. The maximum absolute atomic E-state index is 3.94. The lowest BCUT2D eigenvalue weighted by Crippen LogP contribution is -2.24. The molecule has 1 aliphatic heterocycles. The minimum absolute atomic E-state index is 0.277. The molecule has 2 atom stereocenters. The van der Waals surface area contributed by atoms with Gasteiger partial charge in [0.25, 0.3) is 0 Å². The van der Waals surface area contributed by atoms with E-state index in [0.717, 1.165) is 25.9 Å². The van der Waals surface area contributed by atoms with Crippen LogP contribution in [0.3, 0.4) is 0 Å². The zero-order valence-corrected chi connectivity index (χ0v) is 16.0. The number of rotatable bonds is 0. The number of alkyl halides is 2. The van der Waals surface area contributed by atoms with E-state index in [2.05, 4.69) is 85.7 Å². The molecule has 0 saturated carbocycles. The summed E-state index contributed by atoms with van der Waals surface area (Å²) in [6.45, 7) is 2.16. The highest BCUT2D eigenvalue weighted by Gasteiger charge is 2.31. The van der Waals surface area contributed by atoms with Gasteiger partial charge in [-0.15, -0.1) is 0 Å². The van der Waals surface area contributed by atoms with Crippen LogP contribution >= 0.6 is 31.9 Å². The van der Waals surface area contributed by atoms with Crippen molar-refractivity contribution in [1.82, 2.24) is 5.32 Å². The number of hydrogen-bond donors (Lipinski definition) is 1. The summed E-state index contributed by atoms with van der Waals surface area (Å²) in [5.41, 5.74) is 8.59. The summed E-state index contributed by atoms with van der Waals surface area (Å²) in [5.74, 6) is 0. The van der Waals surface area contributed by atoms with Gasteiger partial charge < -0.3 is 5.32 Å². The van der Waals surface area contributed by atoms with E-state index < -0.39 is 0 Å². The zero-order valence-electron chi connectivity index (χ0n) is 12.9. The fourth-order valence-electron chi connectivity index (χ4n) is 3.75. The first-order valence-corrected chi connectivity index (χ1v) is 10.00. The second kappa shape index (κ2) is 6.54. The van der Waals surface area contributed by atoms with Crippen molar-refractivity contribution in [3.05, 3.63) is 76.4 Å². The quantitative estimate of drug-likeness (QED) is 0.522. The van der Waals surface area contributed by atoms with Crippen LogP contribution in [-0.4, -0.2) is 13.1 Å². The Morgan fingerprint density at radius 3 is 1.74 bits per heavy atom. The molecule has 3 heteroatoms. The largest absolute Gasteiger partial charge is 0.316 e. The van der Waals surface area contributed by atoms with Crippen molar-refractivity contribution in [3.8, 4) is 0 Å². The van der Waals surface area contributed by atoms with Crippen LogP contribution in [0, 0.1) is 0 Å². The number of halogens is 2. The number of nitrogens with one attached hydrogen (secondary N) is 1. The lowest BCUT2D eigenvalue weighted by atomic mass is 9.86. The van der Waals surface area contributed by atoms with Crippen molar-refractivity contribution < 1.29 is 0 Å². The second-order valence-electron chi connectivity index (χ2n) is 6.21. The maximum Gasteiger partial charge on any atom is 0.0567 e. The Bertz CT molecular complexity index is 704. The fraction of sp³-hybridized carbons (Fsp3) is 0.300. The first-order chi connectivity index (χ1) is 11.3. The van der Waals surface area contributed by atoms with Gasteiger partial charge in [0.2, 0.25) is 0 Å². The van der Waals surface area contributed by atoms with E-state index in [0.29, 0.717) is 0 Å². The van der Waals surface area contributed by atoms with Gasteiger partial charge in [-0.25, -0.2) is 0 Å². The molecule has 0 bridgehead atoms. The van der Waals surface area contributed by atoms with Crippen LogP contribution in [0.25, 0.3) is 5.57 Å². The van der Waals surface area contributed by atoms with E-state index in [1.54, 1.807) is 5.57 Å². The van der Waals surface area contributed by atoms with Crippen molar-refractivity contribution in [3.63, 3.8) is 0 Å². The average molecular weight is 433 g/mol. The molecule has 1 saturated heterocycles. The zero-order chi connectivity index (χ0) is 15.8. The van der Waals surface area contributed by atoms with E-state index in [4.69, 9.17) is 0 Å². The Morgan fingerprint density at radius 2 is 1.22 bits per heavy atom. The monoisotopic (exact) mass is 431 g/mol. The summed E-state index contributed by atoms with van der Waals surface area (Å²) in [6.07, 6.45) is 2.27. The summed E-state index contributed by atoms with van der Waals surface area (Å²) in [7, 11) is 0. The lowest BCUT2D eigenvalue weighted by Gasteiger charge is -2.22. The number of benzene rings is 2. The van der Waals surface area contributed by atoms with Crippen molar-refractivity contribution in [1.29, 1.82) is 0 Å². The van der Waals surface area contributed by atoms with E-state index in [-0.39, 0.29) is 9.65 Å². The molecule has 1 aliphatic carbocycles. The molecule has 23 heavy (non-hydrogen) atoms. The highest BCUT2D eigenvalue weighted by molar-refractivity contribution is 9.12. The number of hydrogen-bond acceptors (Lipinski definition) is 1. The van der Waals surface area contributed by atoms with Crippen LogP contribution in [0.15, 0.2) is 54.1 Å². The number of piperidine rings is 1. The van der Waals surface area contributed by atoms with Gasteiger partial charge in [0, 0.05) is 0 Å². The maximum atomic E-state index is 3.94. The Labute approximate surface area is 154 Å². The normalized spacial score (nSPS) is 23.9. The summed E-state index contributed by atoms with van der Waals surface area (Å²) in [6, 6.07) is 17.7. The van der Waals surface area contributed by atoms with Gasteiger partial charge in [0.05, 0.1) is 9.65 Å². The third-order valence-electron chi connectivity index (χ3n) is 4.87. The molecule has 2 aliphatic rings. The lowest BCUT2D eigenvalue weighted by molar-refractivity contribution is 0.611. The van der Waals surface area contributed by atoms with Gasteiger partial charge in [-0.2, -0.15) is 0 Å². The summed E-state index contributed by atoms with van der Waals surface area (Å²) >= 11 is 7.88. The smallest absolute Gasteiger partial charge is 0.0567 e. The number of fused-ring (bicyclic) bond motifs is 2. The minimum atomic E-state index is 0.277.